The van der Waals surface area contributed by atoms with Gasteiger partial charge in [-0.05, 0) is 37.0 Å². The van der Waals surface area contributed by atoms with Crippen LogP contribution in [0.2, 0.25) is 0 Å². The number of pyridine rings is 1. The van der Waals surface area contributed by atoms with Crippen LogP contribution < -0.4 is 5.32 Å². The largest absolute Gasteiger partial charge is 0.490 e. The monoisotopic (exact) mass is 509 g/mol. The number of anilines is 1. The zero-order valence-corrected chi connectivity index (χ0v) is 19.4. The fraction of sp³-hybridized carbons (Fsp3) is 0.192. The Bertz CT molecular complexity index is 1350. The number of halogens is 3. The topological polar surface area (TPSA) is 110 Å². The van der Waals surface area contributed by atoms with Gasteiger partial charge in [0.05, 0.1) is 11.9 Å². The third-order valence-corrected chi connectivity index (χ3v) is 5.46. The lowest BCUT2D eigenvalue weighted by Crippen LogP contribution is -2.21. The lowest BCUT2D eigenvalue weighted by Gasteiger charge is -2.08. The number of aliphatic carboxylic acids is 1. The Balaban J connectivity index is 0.000000405. The van der Waals surface area contributed by atoms with Crippen molar-refractivity contribution in [1.82, 2.24) is 19.5 Å². The van der Waals surface area contributed by atoms with Crippen LogP contribution in [0.15, 0.2) is 79.5 Å². The maximum Gasteiger partial charge on any atom is 0.490 e. The molecule has 0 radical (unpaired) electrons. The van der Waals surface area contributed by atoms with E-state index in [2.05, 4.69) is 20.3 Å². The normalized spacial score (nSPS) is 12.8. The van der Waals surface area contributed by atoms with Crippen molar-refractivity contribution in [2.75, 3.05) is 5.32 Å². The van der Waals surface area contributed by atoms with Crippen LogP contribution in [0.4, 0.5) is 18.9 Å². The number of alkyl halides is 3. The summed E-state index contributed by atoms with van der Waals surface area (Å²) in [5.74, 6) is -1.57. The fourth-order valence-electron chi connectivity index (χ4n) is 3.43. The van der Waals surface area contributed by atoms with E-state index in [0.29, 0.717) is 23.1 Å². The first kappa shape index (κ1) is 25.5. The number of carbonyl (C=O) groups excluding carboxylic acids is 1. The predicted octanol–water partition coefficient (Wildman–Crippen LogP) is 5.30. The van der Waals surface area contributed by atoms with Crippen LogP contribution in [0.1, 0.15) is 23.3 Å². The highest BCUT2D eigenvalue weighted by Gasteiger charge is 2.38. The van der Waals surface area contributed by atoms with Gasteiger partial charge in [-0.1, -0.05) is 30.3 Å². The van der Waals surface area contributed by atoms with Crippen LogP contribution in [0.5, 0.6) is 0 Å². The summed E-state index contributed by atoms with van der Waals surface area (Å²) in [7, 11) is 0. The highest BCUT2D eigenvalue weighted by molar-refractivity contribution is 6.04. The first-order valence-corrected chi connectivity index (χ1v) is 11.3. The molecule has 1 fully saturated rings. The van der Waals surface area contributed by atoms with Crippen LogP contribution in [0.3, 0.4) is 0 Å². The Hall–Kier alpha value is -4.54. The Kier molecular flexibility index (Phi) is 7.61. The van der Waals surface area contributed by atoms with E-state index in [1.54, 1.807) is 18.5 Å². The summed E-state index contributed by atoms with van der Waals surface area (Å²) in [6, 6.07) is 15.4. The highest BCUT2D eigenvalue weighted by Crippen LogP contribution is 2.33. The molecule has 1 aliphatic carbocycles. The number of hydrogen-bond donors (Lipinski definition) is 2. The maximum absolute atomic E-state index is 12.9. The molecule has 0 bridgehead atoms. The average molecular weight is 509 g/mol. The number of nitrogens with one attached hydrogen (secondary N) is 1. The van der Waals surface area contributed by atoms with Gasteiger partial charge < -0.3 is 15.0 Å². The van der Waals surface area contributed by atoms with Crippen molar-refractivity contribution in [2.45, 2.75) is 25.6 Å². The summed E-state index contributed by atoms with van der Waals surface area (Å²) in [4.78, 5) is 34.9. The van der Waals surface area contributed by atoms with E-state index in [9.17, 15) is 18.0 Å². The van der Waals surface area contributed by atoms with Gasteiger partial charge in [0.25, 0.3) is 5.91 Å². The summed E-state index contributed by atoms with van der Waals surface area (Å²) < 4.78 is 33.8. The lowest BCUT2D eigenvalue weighted by atomic mass is 10.1. The molecule has 1 aliphatic rings. The molecule has 0 saturated heterocycles. The molecule has 4 aromatic rings. The van der Waals surface area contributed by atoms with Crippen LogP contribution in [-0.2, 0) is 11.3 Å². The Morgan fingerprint density at radius 2 is 1.65 bits per heavy atom. The van der Waals surface area contributed by atoms with Gasteiger partial charge in [-0.15, -0.1) is 0 Å². The second-order valence-corrected chi connectivity index (χ2v) is 8.37. The standard InChI is InChI=1S/C24H21N5O.C2HF3O2/c30-24(28-21-7-4-10-25-14-21)22-11-19(16-29(22)15-17-8-9-17)20-12-26-23(27-13-20)18-5-2-1-3-6-18;3-2(4,5)1(6)7/h1-7,10-14,16-17H,8-9,15H2,(H,28,30);(H,6,7). The zero-order valence-electron chi connectivity index (χ0n) is 19.4. The number of amides is 1. The maximum atomic E-state index is 12.9. The van der Waals surface area contributed by atoms with Crippen molar-refractivity contribution >= 4 is 17.6 Å². The third-order valence-electron chi connectivity index (χ3n) is 5.46. The number of carbonyl (C=O) groups is 2. The van der Waals surface area contributed by atoms with E-state index >= 15 is 0 Å². The van der Waals surface area contributed by atoms with Crippen molar-refractivity contribution < 1.29 is 27.9 Å². The van der Waals surface area contributed by atoms with Crippen molar-refractivity contribution in [3.05, 3.63) is 85.2 Å². The minimum Gasteiger partial charge on any atom is -0.475 e. The molecule has 3 heterocycles. The van der Waals surface area contributed by atoms with Gasteiger partial charge in [0.2, 0.25) is 0 Å². The van der Waals surface area contributed by atoms with Crippen LogP contribution in [0, 0.1) is 5.92 Å². The molecular formula is C26H22F3N5O3. The summed E-state index contributed by atoms with van der Waals surface area (Å²) >= 11 is 0. The molecule has 0 spiro atoms. The minimum absolute atomic E-state index is 0.142. The number of carboxylic acids is 1. The number of hydrogen-bond acceptors (Lipinski definition) is 5. The second kappa shape index (κ2) is 11.0. The Morgan fingerprint density at radius 3 is 2.22 bits per heavy atom. The van der Waals surface area contributed by atoms with Crippen LogP contribution in [-0.4, -0.2) is 42.7 Å². The molecule has 2 N–H and O–H groups in total. The predicted molar refractivity (Wildman–Crippen MR) is 129 cm³/mol. The Morgan fingerprint density at radius 1 is 0.973 bits per heavy atom. The number of rotatable bonds is 6. The van der Waals surface area contributed by atoms with Gasteiger partial charge in [0.1, 0.15) is 5.69 Å². The Labute approximate surface area is 209 Å². The molecule has 3 aromatic heterocycles. The molecule has 1 amide bonds. The summed E-state index contributed by atoms with van der Waals surface area (Å²) in [5.41, 5.74) is 4.12. The van der Waals surface area contributed by atoms with Gasteiger partial charge in [-0.3, -0.25) is 9.78 Å². The molecule has 0 unspecified atom stereocenters. The number of nitrogens with zero attached hydrogens (tertiary/aromatic N) is 4. The van der Waals surface area contributed by atoms with Gasteiger partial charge >= 0.3 is 12.1 Å². The number of benzene rings is 1. The van der Waals surface area contributed by atoms with Gasteiger partial charge in [0, 0.05) is 48.0 Å². The molecule has 11 heteroatoms. The fourth-order valence-corrected chi connectivity index (χ4v) is 3.43. The quantitative estimate of drug-likeness (QED) is 0.365. The summed E-state index contributed by atoms with van der Waals surface area (Å²) in [5, 5.41) is 10.1. The van der Waals surface area contributed by atoms with E-state index in [-0.39, 0.29) is 5.91 Å². The lowest BCUT2D eigenvalue weighted by molar-refractivity contribution is -0.192. The molecule has 5 rings (SSSR count). The first-order chi connectivity index (χ1) is 17.7. The molecule has 8 nitrogen and oxygen atoms in total. The van der Waals surface area contributed by atoms with Crippen LogP contribution in [0.25, 0.3) is 22.5 Å². The van der Waals surface area contributed by atoms with Crippen molar-refractivity contribution in [2.24, 2.45) is 5.92 Å². The zero-order chi connectivity index (χ0) is 26.4. The highest BCUT2D eigenvalue weighted by atomic mass is 19.4. The van der Waals surface area contributed by atoms with Crippen LogP contribution >= 0.6 is 0 Å². The molecule has 1 aromatic carbocycles. The van der Waals surface area contributed by atoms with E-state index in [4.69, 9.17) is 9.90 Å². The summed E-state index contributed by atoms with van der Waals surface area (Å²) in [6.07, 6.45) is 6.32. The molecule has 1 saturated carbocycles. The summed E-state index contributed by atoms with van der Waals surface area (Å²) in [6.45, 7) is 0.846. The molecule has 0 atom stereocenters. The molecular weight excluding hydrogens is 487 g/mol. The number of aromatic nitrogens is 4. The van der Waals surface area contributed by atoms with Gasteiger partial charge in [-0.2, -0.15) is 13.2 Å². The van der Waals surface area contributed by atoms with Crippen molar-refractivity contribution in [3.63, 3.8) is 0 Å². The SMILES string of the molecule is O=C(Nc1cccnc1)c1cc(-c2cnc(-c3ccccc3)nc2)cn1CC1CC1.O=C(O)C(F)(F)F. The van der Waals surface area contributed by atoms with E-state index in [1.165, 1.54) is 12.8 Å². The van der Waals surface area contributed by atoms with Gasteiger partial charge in [0.15, 0.2) is 5.82 Å². The molecule has 190 valence electrons. The molecule has 0 aliphatic heterocycles. The second-order valence-electron chi connectivity index (χ2n) is 8.37. The first-order valence-electron chi connectivity index (χ1n) is 11.3. The van der Waals surface area contributed by atoms with Crippen molar-refractivity contribution in [3.8, 4) is 22.5 Å². The minimum atomic E-state index is -5.08. The average Bonchev–Trinajstić information content (AvgIpc) is 3.61. The smallest absolute Gasteiger partial charge is 0.475 e. The molecule has 37 heavy (non-hydrogen) atoms. The van der Waals surface area contributed by atoms with Crippen molar-refractivity contribution in [1.29, 1.82) is 0 Å². The van der Waals surface area contributed by atoms with E-state index in [1.807, 2.05) is 65.6 Å². The van der Waals surface area contributed by atoms with E-state index in [0.717, 1.165) is 23.2 Å². The third kappa shape index (κ3) is 7.00. The number of carboxylic acid groups (broad SMARTS) is 1. The van der Waals surface area contributed by atoms with E-state index < -0.39 is 12.1 Å². The van der Waals surface area contributed by atoms with Gasteiger partial charge in [-0.25, -0.2) is 14.8 Å².